The van der Waals surface area contributed by atoms with Crippen LogP contribution in [0.4, 0.5) is 23.2 Å². The van der Waals surface area contributed by atoms with Gasteiger partial charge in [0.1, 0.15) is 11.4 Å². The van der Waals surface area contributed by atoms with Crippen molar-refractivity contribution < 1.29 is 22.7 Å². The summed E-state index contributed by atoms with van der Waals surface area (Å²) in [7, 11) is 0. The number of benzene rings is 1. The summed E-state index contributed by atoms with van der Waals surface area (Å²) in [5, 5.41) is 9.77. The molecule has 0 saturated heterocycles. The van der Waals surface area contributed by atoms with E-state index in [2.05, 4.69) is 4.98 Å². The van der Waals surface area contributed by atoms with Gasteiger partial charge in [0.2, 0.25) is 11.6 Å². The fourth-order valence-corrected chi connectivity index (χ4v) is 3.68. The molecule has 1 aliphatic heterocycles. The average Bonchev–Trinajstić information content (AvgIpc) is 2.87. The second-order valence-electron chi connectivity index (χ2n) is 5.46. The number of nitrogens with zero attached hydrogens (tertiary/aromatic N) is 2. The number of hydrogen-bond acceptors (Lipinski definition) is 4. The Morgan fingerprint density at radius 1 is 1.13 bits per heavy atom. The van der Waals surface area contributed by atoms with Crippen molar-refractivity contribution in [1.82, 2.24) is 4.98 Å². The van der Waals surface area contributed by atoms with E-state index >= 15 is 0 Å². The number of hydrogen-bond donors (Lipinski definition) is 1. The maximum absolute atomic E-state index is 13.9. The smallest absolute Gasteiger partial charge is 0.253 e. The number of phenolic OH excluding ortho intramolecular Hbond substituents is 1. The predicted molar refractivity (Wildman–Crippen MR) is 78.3 cm³/mol. The largest absolute Gasteiger partial charge is 0.508 e. The van der Waals surface area contributed by atoms with Crippen LogP contribution >= 0.6 is 11.9 Å². The number of anilines is 1. The van der Waals surface area contributed by atoms with Crippen LogP contribution < -0.4 is 4.31 Å². The topological polar surface area (TPSA) is 36.4 Å². The van der Waals surface area contributed by atoms with E-state index in [1.54, 1.807) is 6.07 Å². The number of halogens is 4. The molecule has 0 radical (unpaired) electrons. The van der Waals surface area contributed by atoms with E-state index in [0.29, 0.717) is 4.90 Å². The van der Waals surface area contributed by atoms with Gasteiger partial charge in [0.25, 0.3) is 11.9 Å². The van der Waals surface area contributed by atoms with Crippen molar-refractivity contribution in [2.45, 2.75) is 31.2 Å². The lowest BCUT2D eigenvalue weighted by Crippen LogP contribution is -2.15. The first-order valence-electron chi connectivity index (χ1n) is 6.80. The zero-order valence-corrected chi connectivity index (χ0v) is 13.0. The van der Waals surface area contributed by atoms with E-state index in [-0.39, 0.29) is 18.2 Å². The quantitative estimate of drug-likeness (QED) is 0.495. The Kier molecular flexibility index (Phi) is 3.87. The molecule has 2 aromatic rings. The summed E-state index contributed by atoms with van der Waals surface area (Å²) in [6.45, 7) is 3.88. The normalized spacial score (nSPS) is 13.8. The highest BCUT2D eigenvalue weighted by atomic mass is 32.2. The molecule has 0 spiro atoms. The lowest BCUT2D eigenvalue weighted by molar-refractivity contribution is 0.409. The summed E-state index contributed by atoms with van der Waals surface area (Å²) >= 11 is 0.913. The number of pyridine rings is 1. The van der Waals surface area contributed by atoms with Gasteiger partial charge in [-0.15, -0.1) is 0 Å². The highest BCUT2D eigenvalue weighted by molar-refractivity contribution is 8.01. The van der Waals surface area contributed by atoms with Gasteiger partial charge in [-0.2, -0.15) is 22.5 Å². The third-order valence-electron chi connectivity index (χ3n) is 3.58. The fourth-order valence-electron chi connectivity index (χ4n) is 2.53. The van der Waals surface area contributed by atoms with Gasteiger partial charge >= 0.3 is 0 Å². The fraction of sp³-hybridized carbons (Fsp3) is 0.267. The number of phenols is 1. The molecule has 1 aromatic carbocycles. The Hall–Kier alpha value is -1.96. The molecule has 1 aromatic heterocycles. The summed E-state index contributed by atoms with van der Waals surface area (Å²) in [6, 6.07) is 3.03. The van der Waals surface area contributed by atoms with Crippen molar-refractivity contribution in [3.63, 3.8) is 0 Å². The van der Waals surface area contributed by atoms with Crippen molar-refractivity contribution in [2.75, 3.05) is 4.31 Å². The van der Waals surface area contributed by atoms with Crippen LogP contribution in [0.2, 0.25) is 0 Å². The van der Waals surface area contributed by atoms with E-state index in [4.69, 9.17) is 0 Å². The molecule has 0 aliphatic carbocycles. The Labute approximate surface area is 134 Å². The zero-order chi connectivity index (χ0) is 16.9. The van der Waals surface area contributed by atoms with Gasteiger partial charge in [-0.1, -0.05) is 13.8 Å². The van der Waals surface area contributed by atoms with Gasteiger partial charge in [-0.05, 0) is 41.1 Å². The van der Waals surface area contributed by atoms with Crippen molar-refractivity contribution >= 4 is 17.6 Å². The highest BCUT2D eigenvalue weighted by Crippen LogP contribution is 2.46. The van der Waals surface area contributed by atoms with Crippen LogP contribution in [0.25, 0.3) is 0 Å². The van der Waals surface area contributed by atoms with Crippen LogP contribution in [0.5, 0.6) is 5.75 Å². The van der Waals surface area contributed by atoms with Gasteiger partial charge in [0.05, 0.1) is 6.54 Å². The van der Waals surface area contributed by atoms with Crippen LogP contribution in [0, 0.1) is 23.5 Å². The summed E-state index contributed by atoms with van der Waals surface area (Å²) < 4.78 is 55.5. The monoisotopic (exact) mass is 344 g/mol. The van der Waals surface area contributed by atoms with Crippen molar-refractivity contribution in [3.05, 3.63) is 46.8 Å². The van der Waals surface area contributed by atoms with Crippen LogP contribution in [-0.4, -0.2) is 10.1 Å². The third kappa shape index (κ3) is 2.60. The lowest BCUT2D eigenvalue weighted by atomic mass is 9.96. The number of aromatic nitrogens is 1. The van der Waals surface area contributed by atoms with E-state index in [1.165, 1.54) is 6.07 Å². The Morgan fingerprint density at radius 3 is 2.30 bits per heavy atom. The maximum atomic E-state index is 13.9. The van der Waals surface area contributed by atoms with Crippen molar-refractivity contribution in [1.29, 1.82) is 0 Å². The minimum atomic E-state index is -1.69. The van der Waals surface area contributed by atoms with Gasteiger partial charge in [-0.25, -0.2) is 0 Å². The standard InChI is InChI=1S/C15H12F4N2OS/c1-6(2)8-3-7(22)4-10-9(8)5-21(23-10)13-11(16)14(18)20-15(19)12(13)17/h3-4,6,22H,5H2,1-2H3. The summed E-state index contributed by atoms with van der Waals surface area (Å²) in [6.07, 6.45) is 0. The first-order valence-corrected chi connectivity index (χ1v) is 7.58. The number of rotatable bonds is 2. The second-order valence-corrected chi connectivity index (χ2v) is 6.53. The minimum absolute atomic E-state index is 0.0230. The summed E-state index contributed by atoms with van der Waals surface area (Å²) in [4.78, 5) is 3.14. The van der Waals surface area contributed by atoms with Gasteiger partial charge in [0.15, 0.2) is 0 Å². The Bertz CT molecular complexity index is 772. The Morgan fingerprint density at radius 2 is 1.74 bits per heavy atom. The van der Waals surface area contributed by atoms with Gasteiger partial charge in [0, 0.05) is 4.90 Å². The van der Waals surface area contributed by atoms with E-state index in [1.807, 2.05) is 13.8 Å². The van der Waals surface area contributed by atoms with Crippen molar-refractivity contribution in [2.24, 2.45) is 0 Å². The number of aromatic hydroxyl groups is 1. The molecule has 3 rings (SSSR count). The van der Waals surface area contributed by atoms with Crippen LogP contribution in [0.15, 0.2) is 17.0 Å². The van der Waals surface area contributed by atoms with E-state index < -0.39 is 29.2 Å². The summed E-state index contributed by atoms with van der Waals surface area (Å²) in [5.74, 6) is -6.38. The molecule has 3 nitrogen and oxygen atoms in total. The molecule has 23 heavy (non-hydrogen) atoms. The first kappa shape index (κ1) is 15.9. The van der Waals surface area contributed by atoms with Gasteiger partial charge in [-0.3, -0.25) is 0 Å². The molecular weight excluding hydrogens is 332 g/mol. The van der Waals surface area contributed by atoms with Crippen molar-refractivity contribution in [3.8, 4) is 5.75 Å². The highest BCUT2D eigenvalue weighted by Gasteiger charge is 2.32. The molecule has 0 fully saturated rings. The zero-order valence-electron chi connectivity index (χ0n) is 12.2. The molecule has 0 bridgehead atoms. The second kappa shape index (κ2) is 5.59. The minimum Gasteiger partial charge on any atom is -0.508 e. The van der Waals surface area contributed by atoms with Gasteiger partial charge < -0.3 is 9.41 Å². The molecule has 8 heteroatoms. The molecule has 0 amide bonds. The molecule has 0 saturated carbocycles. The SMILES string of the molecule is CC(C)c1cc(O)cc2c1CN(c1c(F)c(F)nc(F)c1F)S2. The Balaban J connectivity index is 2.09. The predicted octanol–water partition coefficient (Wildman–Crippen LogP) is 4.49. The van der Waals surface area contributed by atoms with Crippen LogP contribution in [-0.2, 0) is 6.54 Å². The average molecular weight is 344 g/mol. The first-order chi connectivity index (χ1) is 10.8. The molecule has 0 atom stereocenters. The maximum Gasteiger partial charge on any atom is 0.253 e. The molecule has 0 unspecified atom stereocenters. The van der Waals surface area contributed by atoms with Crippen LogP contribution in [0.1, 0.15) is 30.9 Å². The third-order valence-corrected chi connectivity index (χ3v) is 4.68. The lowest BCUT2D eigenvalue weighted by Gasteiger charge is -2.18. The van der Waals surface area contributed by atoms with Crippen LogP contribution in [0.3, 0.4) is 0 Å². The van der Waals surface area contributed by atoms with E-state index in [9.17, 15) is 22.7 Å². The van der Waals surface area contributed by atoms with E-state index in [0.717, 1.165) is 27.4 Å². The summed E-state index contributed by atoms with van der Waals surface area (Å²) in [5.41, 5.74) is 0.760. The molecule has 122 valence electrons. The molecular formula is C15H12F4N2OS. The number of fused-ring (bicyclic) bond motifs is 1. The molecule has 1 aliphatic rings. The molecule has 2 heterocycles. The molecule has 1 N–H and O–H groups in total.